The van der Waals surface area contributed by atoms with Crippen LogP contribution in [0.1, 0.15) is 41.2 Å². The first-order valence-corrected chi connectivity index (χ1v) is 9.19. The van der Waals surface area contributed by atoms with Gasteiger partial charge in [-0.25, -0.2) is 4.79 Å². The number of likely N-dealkylation sites (tertiary alicyclic amines) is 1. The maximum absolute atomic E-state index is 12.4. The molecule has 0 spiro atoms. The fourth-order valence-corrected chi connectivity index (χ4v) is 3.45. The Hall–Kier alpha value is -2.05. The van der Waals surface area contributed by atoms with Gasteiger partial charge in [-0.05, 0) is 37.0 Å². The second-order valence-electron chi connectivity index (χ2n) is 6.37. The SMILES string of the molecule is O=C(O)c1cnn(C2CCN(C(=O)CCc3ccc(Cl)c(Cl)c3)CC2)c1. The number of piperidine rings is 1. The lowest BCUT2D eigenvalue weighted by Crippen LogP contribution is -2.39. The number of rotatable bonds is 5. The van der Waals surface area contributed by atoms with Crippen molar-refractivity contribution in [1.29, 1.82) is 0 Å². The minimum Gasteiger partial charge on any atom is -0.478 e. The van der Waals surface area contributed by atoms with Crippen LogP contribution in [0.15, 0.2) is 30.6 Å². The number of carboxylic acids is 1. The molecule has 0 unspecified atom stereocenters. The molecule has 0 radical (unpaired) electrons. The van der Waals surface area contributed by atoms with Gasteiger partial charge in [0.2, 0.25) is 5.91 Å². The van der Waals surface area contributed by atoms with Crippen LogP contribution >= 0.6 is 23.2 Å². The first-order valence-electron chi connectivity index (χ1n) is 8.43. The van der Waals surface area contributed by atoms with Gasteiger partial charge in [-0.1, -0.05) is 29.3 Å². The van der Waals surface area contributed by atoms with Crippen molar-refractivity contribution in [1.82, 2.24) is 14.7 Å². The van der Waals surface area contributed by atoms with Crippen LogP contribution in [0.25, 0.3) is 0 Å². The summed E-state index contributed by atoms with van der Waals surface area (Å²) in [7, 11) is 0. The lowest BCUT2D eigenvalue weighted by molar-refractivity contribution is -0.132. The quantitative estimate of drug-likeness (QED) is 0.837. The molecule has 1 N–H and O–H groups in total. The maximum atomic E-state index is 12.4. The summed E-state index contributed by atoms with van der Waals surface area (Å²) in [5.74, 6) is -0.868. The third-order valence-corrected chi connectivity index (χ3v) is 5.39. The Kier molecular flexibility index (Phi) is 5.84. The highest BCUT2D eigenvalue weighted by atomic mass is 35.5. The fraction of sp³-hybridized carbons (Fsp3) is 0.389. The van der Waals surface area contributed by atoms with Crippen molar-refractivity contribution in [3.8, 4) is 0 Å². The van der Waals surface area contributed by atoms with Crippen LogP contribution in [0.3, 0.4) is 0 Å². The zero-order valence-corrected chi connectivity index (χ0v) is 15.6. The van der Waals surface area contributed by atoms with E-state index in [0.717, 1.165) is 18.4 Å². The number of nitrogens with zero attached hydrogens (tertiary/aromatic N) is 3. The number of benzene rings is 1. The van der Waals surface area contributed by atoms with Crippen molar-refractivity contribution < 1.29 is 14.7 Å². The molecular formula is C18H19Cl2N3O3. The van der Waals surface area contributed by atoms with Crippen LogP contribution in [-0.2, 0) is 11.2 Å². The second-order valence-corrected chi connectivity index (χ2v) is 7.19. The summed E-state index contributed by atoms with van der Waals surface area (Å²) in [5, 5.41) is 14.1. The zero-order chi connectivity index (χ0) is 18.7. The lowest BCUT2D eigenvalue weighted by atomic mass is 10.0. The largest absolute Gasteiger partial charge is 0.478 e. The van der Waals surface area contributed by atoms with Crippen LogP contribution in [0.2, 0.25) is 10.0 Å². The Balaban J connectivity index is 1.49. The van der Waals surface area contributed by atoms with E-state index >= 15 is 0 Å². The van der Waals surface area contributed by atoms with Gasteiger partial charge in [0.15, 0.2) is 0 Å². The zero-order valence-electron chi connectivity index (χ0n) is 14.1. The molecule has 1 aromatic carbocycles. The number of hydrogen-bond donors (Lipinski definition) is 1. The van der Waals surface area contributed by atoms with Crippen LogP contribution in [0.4, 0.5) is 0 Å². The van der Waals surface area contributed by atoms with E-state index < -0.39 is 5.97 Å². The topological polar surface area (TPSA) is 75.4 Å². The van der Waals surface area contributed by atoms with Crippen molar-refractivity contribution in [2.24, 2.45) is 0 Å². The van der Waals surface area contributed by atoms with Crippen molar-refractivity contribution in [2.45, 2.75) is 31.7 Å². The molecule has 1 amide bonds. The summed E-state index contributed by atoms with van der Waals surface area (Å²) < 4.78 is 1.70. The van der Waals surface area contributed by atoms with Gasteiger partial charge in [0.1, 0.15) is 0 Å². The first kappa shape index (κ1) is 18.7. The number of amides is 1. The van der Waals surface area contributed by atoms with Gasteiger partial charge >= 0.3 is 5.97 Å². The monoisotopic (exact) mass is 395 g/mol. The van der Waals surface area contributed by atoms with Gasteiger partial charge in [-0.3, -0.25) is 9.48 Å². The summed E-state index contributed by atoms with van der Waals surface area (Å²) in [6.07, 6.45) is 5.48. The number of hydrogen-bond acceptors (Lipinski definition) is 3. The number of carbonyl (C=O) groups excluding carboxylic acids is 1. The highest BCUT2D eigenvalue weighted by molar-refractivity contribution is 6.42. The third-order valence-electron chi connectivity index (χ3n) is 4.65. The summed E-state index contributed by atoms with van der Waals surface area (Å²) in [6, 6.07) is 5.54. The molecule has 2 heterocycles. The van der Waals surface area contributed by atoms with Gasteiger partial charge < -0.3 is 10.0 Å². The number of aromatic carboxylic acids is 1. The van der Waals surface area contributed by atoms with Crippen molar-refractivity contribution in [3.05, 3.63) is 51.8 Å². The van der Waals surface area contributed by atoms with E-state index in [-0.39, 0.29) is 17.5 Å². The number of carbonyl (C=O) groups is 2. The molecule has 3 rings (SSSR count). The smallest absolute Gasteiger partial charge is 0.338 e. The normalized spacial score (nSPS) is 15.2. The highest BCUT2D eigenvalue weighted by Gasteiger charge is 2.24. The molecule has 1 fully saturated rings. The van der Waals surface area contributed by atoms with Gasteiger partial charge in [-0.15, -0.1) is 0 Å². The van der Waals surface area contributed by atoms with Crippen molar-refractivity contribution in [2.75, 3.05) is 13.1 Å². The Morgan fingerprint density at radius 2 is 1.92 bits per heavy atom. The third kappa shape index (κ3) is 4.37. The minimum atomic E-state index is -0.980. The lowest BCUT2D eigenvalue weighted by Gasteiger charge is -2.32. The molecule has 8 heteroatoms. The van der Waals surface area contributed by atoms with Crippen LogP contribution in [0.5, 0.6) is 0 Å². The van der Waals surface area contributed by atoms with Crippen LogP contribution in [-0.4, -0.2) is 44.8 Å². The van der Waals surface area contributed by atoms with E-state index in [4.69, 9.17) is 28.3 Å². The molecule has 138 valence electrons. The van der Waals surface area contributed by atoms with Crippen LogP contribution in [0, 0.1) is 0 Å². The number of carboxylic acid groups (broad SMARTS) is 1. The van der Waals surface area contributed by atoms with E-state index in [1.807, 2.05) is 11.0 Å². The molecule has 0 bridgehead atoms. The average molecular weight is 396 g/mol. The molecule has 0 atom stereocenters. The summed E-state index contributed by atoms with van der Waals surface area (Å²) >= 11 is 11.9. The molecule has 26 heavy (non-hydrogen) atoms. The number of halogens is 2. The predicted molar refractivity (Wildman–Crippen MR) is 98.8 cm³/mol. The van der Waals surface area contributed by atoms with Gasteiger partial charge in [0.25, 0.3) is 0 Å². The van der Waals surface area contributed by atoms with E-state index in [0.29, 0.717) is 36.0 Å². The van der Waals surface area contributed by atoms with E-state index in [1.54, 1.807) is 23.0 Å². The van der Waals surface area contributed by atoms with E-state index in [1.165, 1.54) is 6.20 Å². The second kappa shape index (κ2) is 8.10. The average Bonchev–Trinajstić information content (AvgIpc) is 3.13. The molecule has 1 aromatic heterocycles. The molecule has 0 saturated carbocycles. The van der Waals surface area contributed by atoms with E-state index in [2.05, 4.69) is 5.10 Å². The van der Waals surface area contributed by atoms with Crippen molar-refractivity contribution >= 4 is 35.1 Å². The molecule has 1 aliphatic heterocycles. The molecular weight excluding hydrogens is 377 g/mol. The first-order chi connectivity index (χ1) is 12.4. The summed E-state index contributed by atoms with van der Waals surface area (Å²) in [4.78, 5) is 25.2. The minimum absolute atomic E-state index is 0.112. The summed E-state index contributed by atoms with van der Waals surface area (Å²) in [5.41, 5.74) is 1.17. The molecule has 1 saturated heterocycles. The Bertz CT molecular complexity index is 814. The fourth-order valence-electron chi connectivity index (χ4n) is 3.13. The molecule has 1 aliphatic rings. The molecule has 0 aliphatic carbocycles. The Morgan fingerprint density at radius 1 is 1.19 bits per heavy atom. The van der Waals surface area contributed by atoms with Gasteiger partial charge in [-0.2, -0.15) is 5.10 Å². The molecule has 2 aromatic rings. The Labute approximate surface area is 161 Å². The Morgan fingerprint density at radius 3 is 2.54 bits per heavy atom. The van der Waals surface area contributed by atoms with E-state index in [9.17, 15) is 9.59 Å². The van der Waals surface area contributed by atoms with Gasteiger partial charge in [0, 0.05) is 25.7 Å². The number of aryl methyl sites for hydroxylation is 1. The maximum Gasteiger partial charge on any atom is 0.338 e. The highest BCUT2D eigenvalue weighted by Crippen LogP contribution is 2.25. The summed E-state index contributed by atoms with van der Waals surface area (Å²) in [6.45, 7) is 1.29. The standard InChI is InChI=1S/C18H19Cl2N3O3/c19-15-3-1-12(9-16(15)20)2-4-17(24)22-7-5-14(6-8-22)23-11-13(10-21-23)18(25)26/h1,3,9-11,14H,2,4-8H2,(H,25,26). The van der Waals surface area contributed by atoms with Crippen molar-refractivity contribution in [3.63, 3.8) is 0 Å². The van der Waals surface area contributed by atoms with Crippen LogP contribution < -0.4 is 0 Å². The molecule has 6 nitrogen and oxygen atoms in total. The predicted octanol–water partition coefficient (Wildman–Crippen LogP) is 3.68. The number of aromatic nitrogens is 2. The van der Waals surface area contributed by atoms with Gasteiger partial charge in [0.05, 0.1) is 27.8 Å².